The Morgan fingerprint density at radius 2 is 2.08 bits per heavy atom. The quantitative estimate of drug-likeness (QED) is 0.495. The van der Waals surface area contributed by atoms with Gasteiger partial charge < -0.3 is 9.47 Å². The fourth-order valence-electron chi connectivity index (χ4n) is 3.21. The van der Waals surface area contributed by atoms with Gasteiger partial charge in [0.2, 0.25) is 0 Å². The molecule has 0 aromatic carbocycles. The summed E-state index contributed by atoms with van der Waals surface area (Å²) in [5.74, 6) is 0.131. The molecule has 8 nitrogen and oxygen atoms in total. The Labute approximate surface area is 163 Å². The molecule has 0 bridgehead atoms. The molecule has 0 radical (unpaired) electrons. The maximum atomic E-state index is 13.1. The molecule has 1 saturated heterocycles. The van der Waals surface area contributed by atoms with Gasteiger partial charge in [-0.1, -0.05) is 0 Å². The highest BCUT2D eigenvalue weighted by Crippen LogP contribution is 2.44. The van der Waals surface area contributed by atoms with E-state index in [2.05, 4.69) is 30.9 Å². The summed E-state index contributed by atoms with van der Waals surface area (Å²) < 4.78 is 12.8. The van der Waals surface area contributed by atoms with Crippen LogP contribution in [0.25, 0.3) is 11.2 Å². The third-order valence-electron chi connectivity index (χ3n) is 4.38. The summed E-state index contributed by atoms with van der Waals surface area (Å²) in [6, 6.07) is 0. The Kier molecular flexibility index (Phi) is 5.81. The van der Waals surface area contributed by atoms with E-state index in [1.807, 2.05) is 0 Å². The topological polar surface area (TPSA) is 96.2 Å². The minimum atomic E-state index is -1.06. The van der Waals surface area contributed by atoms with Crippen LogP contribution in [0.5, 0.6) is 0 Å². The summed E-state index contributed by atoms with van der Waals surface area (Å²) >= 11 is 4.96. The number of carbonyl (C=O) groups is 2. The van der Waals surface area contributed by atoms with Gasteiger partial charge in [-0.05, 0) is 35.5 Å². The van der Waals surface area contributed by atoms with E-state index in [9.17, 15) is 9.59 Å². The summed E-state index contributed by atoms with van der Waals surface area (Å²) in [5, 5.41) is 0. The molecule has 2 aromatic heterocycles. The molecule has 140 valence electrons. The van der Waals surface area contributed by atoms with E-state index in [0.29, 0.717) is 33.9 Å². The van der Waals surface area contributed by atoms with Crippen LogP contribution in [-0.4, -0.2) is 56.2 Å². The SMILES string of the molecule is CCOC(=O)C[C@H]1CSC[C@]1(C(=O)OCC)n1cnc2c(Br)ncnc21. The smallest absolute Gasteiger partial charge is 0.333 e. The van der Waals surface area contributed by atoms with Gasteiger partial charge in [0.15, 0.2) is 11.2 Å². The molecular weight excluding hydrogens is 424 g/mol. The zero-order chi connectivity index (χ0) is 18.7. The average Bonchev–Trinajstić information content (AvgIpc) is 3.21. The van der Waals surface area contributed by atoms with Crippen molar-refractivity contribution in [3.05, 3.63) is 17.3 Å². The van der Waals surface area contributed by atoms with E-state index < -0.39 is 5.54 Å². The second-order valence-corrected chi connectivity index (χ2v) is 7.60. The molecule has 1 aliphatic rings. The van der Waals surface area contributed by atoms with Crippen LogP contribution >= 0.6 is 27.7 Å². The van der Waals surface area contributed by atoms with Gasteiger partial charge in [-0.2, -0.15) is 11.8 Å². The van der Waals surface area contributed by atoms with E-state index in [1.54, 1.807) is 36.5 Å². The summed E-state index contributed by atoms with van der Waals surface area (Å²) in [5.41, 5.74) is 0.0231. The van der Waals surface area contributed by atoms with E-state index in [-0.39, 0.29) is 30.9 Å². The zero-order valence-corrected chi connectivity index (χ0v) is 16.9. The molecule has 1 fully saturated rings. The molecule has 10 heteroatoms. The molecular formula is C16H19BrN4O4S. The monoisotopic (exact) mass is 442 g/mol. The zero-order valence-electron chi connectivity index (χ0n) is 14.5. The summed E-state index contributed by atoms with van der Waals surface area (Å²) in [7, 11) is 0. The molecule has 3 heterocycles. The number of fused-ring (bicyclic) bond motifs is 1. The van der Waals surface area contributed by atoms with E-state index in [0.717, 1.165) is 0 Å². The molecule has 0 N–H and O–H groups in total. The lowest BCUT2D eigenvalue weighted by molar-refractivity contribution is -0.156. The van der Waals surface area contributed by atoms with Crippen LogP contribution in [0.1, 0.15) is 20.3 Å². The standard InChI is InChI=1S/C16H19BrN4O4S/c1-3-24-11(22)5-10-6-26-7-16(10,15(23)25-4-2)21-9-20-12-13(17)18-8-19-14(12)21/h8-10H,3-7H2,1-2H3/t10-,16-/m0/s1. The number of thioether (sulfide) groups is 1. The minimum absolute atomic E-state index is 0.131. The van der Waals surface area contributed by atoms with Crippen molar-refractivity contribution in [1.82, 2.24) is 19.5 Å². The lowest BCUT2D eigenvalue weighted by atomic mass is 9.84. The van der Waals surface area contributed by atoms with Crippen molar-refractivity contribution in [3.8, 4) is 0 Å². The molecule has 0 unspecified atom stereocenters. The number of hydrogen-bond acceptors (Lipinski definition) is 8. The van der Waals surface area contributed by atoms with Gasteiger partial charge in [0.25, 0.3) is 0 Å². The van der Waals surface area contributed by atoms with Crippen molar-refractivity contribution in [2.45, 2.75) is 25.8 Å². The van der Waals surface area contributed by atoms with Gasteiger partial charge >= 0.3 is 11.9 Å². The lowest BCUT2D eigenvalue weighted by Gasteiger charge is -2.33. The Morgan fingerprint density at radius 1 is 1.31 bits per heavy atom. The largest absolute Gasteiger partial charge is 0.466 e. The van der Waals surface area contributed by atoms with Gasteiger partial charge in [-0.15, -0.1) is 0 Å². The van der Waals surface area contributed by atoms with Crippen LogP contribution in [0, 0.1) is 5.92 Å². The normalized spacial score (nSPS) is 22.5. The van der Waals surface area contributed by atoms with Crippen LogP contribution in [0.2, 0.25) is 0 Å². The van der Waals surface area contributed by atoms with E-state index >= 15 is 0 Å². The highest BCUT2D eigenvalue weighted by Gasteiger charge is 2.54. The summed E-state index contributed by atoms with van der Waals surface area (Å²) in [4.78, 5) is 37.9. The Morgan fingerprint density at radius 3 is 2.81 bits per heavy atom. The van der Waals surface area contributed by atoms with Gasteiger partial charge in [-0.25, -0.2) is 19.7 Å². The van der Waals surface area contributed by atoms with Crippen molar-refractivity contribution in [3.63, 3.8) is 0 Å². The first-order valence-corrected chi connectivity index (χ1v) is 10.2. The van der Waals surface area contributed by atoms with Gasteiger partial charge in [0.1, 0.15) is 16.4 Å². The van der Waals surface area contributed by atoms with Gasteiger partial charge in [-0.3, -0.25) is 9.36 Å². The van der Waals surface area contributed by atoms with Crippen molar-refractivity contribution in [2.24, 2.45) is 5.92 Å². The second-order valence-electron chi connectivity index (χ2n) is 5.82. The number of halogens is 1. The first kappa shape index (κ1) is 19.1. The molecule has 3 rings (SSSR count). The summed E-state index contributed by atoms with van der Waals surface area (Å²) in [6.07, 6.45) is 3.11. The fraction of sp³-hybridized carbons (Fsp3) is 0.562. The number of rotatable bonds is 6. The van der Waals surface area contributed by atoms with Crippen LogP contribution in [0.4, 0.5) is 0 Å². The van der Waals surface area contributed by atoms with E-state index in [4.69, 9.17) is 9.47 Å². The highest BCUT2D eigenvalue weighted by atomic mass is 79.9. The van der Waals surface area contributed by atoms with E-state index in [1.165, 1.54) is 6.33 Å². The number of hydrogen-bond donors (Lipinski definition) is 0. The molecule has 0 spiro atoms. The number of imidazole rings is 1. The van der Waals surface area contributed by atoms with Crippen LogP contribution < -0.4 is 0 Å². The van der Waals surface area contributed by atoms with Gasteiger partial charge in [0.05, 0.1) is 26.0 Å². The maximum Gasteiger partial charge on any atom is 0.333 e. The Balaban J connectivity index is 2.10. The number of nitrogens with zero attached hydrogens (tertiary/aromatic N) is 4. The number of ether oxygens (including phenoxy) is 2. The summed E-state index contributed by atoms with van der Waals surface area (Å²) in [6.45, 7) is 4.08. The predicted molar refractivity (Wildman–Crippen MR) is 99.7 cm³/mol. The molecule has 0 amide bonds. The van der Waals surface area contributed by atoms with Crippen LogP contribution in [-0.2, 0) is 24.6 Å². The lowest BCUT2D eigenvalue weighted by Crippen LogP contribution is -2.49. The second kappa shape index (κ2) is 7.91. The predicted octanol–water partition coefficient (Wildman–Crippen LogP) is 2.16. The highest BCUT2D eigenvalue weighted by molar-refractivity contribution is 9.10. The van der Waals surface area contributed by atoms with Crippen molar-refractivity contribution in [1.29, 1.82) is 0 Å². The first-order valence-electron chi connectivity index (χ1n) is 8.29. The fourth-order valence-corrected chi connectivity index (χ4v) is 5.18. The average molecular weight is 443 g/mol. The molecule has 2 aromatic rings. The molecule has 26 heavy (non-hydrogen) atoms. The molecule has 0 aliphatic carbocycles. The van der Waals surface area contributed by atoms with Gasteiger partial charge in [0, 0.05) is 11.7 Å². The number of carbonyl (C=O) groups excluding carboxylic acids is 2. The number of esters is 2. The van der Waals surface area contributed by atoms with Crippen molar-refractivity contribution >= 4 is 50.8 Å². The van der Waals surface area contributed by atoms with Crippen LogP contribution in [0.3, 0.4) is 0 Å². The third-order valence-corrected chi connectivity index (χ3v) is 6.25. The van der Waals surface area contributed by atoms with Crippen molar-refractivity contribution in [2.75, 3.05) is 24.7 Å². The first-order chi connectivity index (χ1) is 12.5. The molecule has 2 atom stereocenters. The third kappa shape index (κ3) is 3.20. The molecule has 0 saturated carbocycles. The maximum absolute atomic E-state index is 13.1. The minimum Gasteiger partial charge on any atom is -0.466 e. The van der Waals surface area contributed by atoms with Crippen LogP contribution in [0.15, 0.2) is 17.3 Å². The number of aromatic nitrogens is 4. The molecule has 1 aliphatic heterocycles. The van der Waals surface area contributed by atoms with Crippen molar-refractivity contribution < 1.29 is 19.1 Å². The Hall–Kier alpha value is -1.68. The Bertz CT molecular complexity index is 830.